The molecule has 6 heteroatoms. The van der Waals surface area contributed by atoms with E-state index < -0.39 is 0 Å². The third kappa shape index (κ3) is 3.75. The summed E-state index contributed by atoms with van der Waals surface area (Å²) in [6, 6.07) is 11.5. The average Bonchev–Trinajstić information content (AvgIpc) is 3.34. The van der Waals surface area contributed by atoms with Crippen molar-refractivity contribution in [2.24, 2.45) is 0 Å². The van der Waals surface area contributed by atoms with Gasteiger partial charge in [-0.1, -0.05) is 23.7 Å². The number of rotatable bonds is 4. The molecule has 2 aromatic rings. The fraction of sp³-hybridized carbons (Fsp3) is 0.400. The molecule has 2 aliphatic heterocycles. The number of hydrogen-bond donors (Lipinski definition) is 1. The SMILES string of the molecule is O=C(N[C@H]1COC[C@@H]1N1CCCC1)c1ccc(-c2ccc(Cl)cn2)cc1. The lowest BCUT2D eigenvalue weighted by atomic mass is 10.1. The Kier molecular flexibility index (Phi) is 5.20. The van der Waals surface area contributed by atoms with Gasteiger partial charge >= 0.3 is 0 Å². The van der Waals surface area contributed by atoms with Crippen LogP contribution in [0.2, 0.25) is 5.02 Å². The monoisotopic (exact) mass is 371 g/mol. The second kappa shape index (κ2) is 7.74. The number of likely N-dealkylation sites (tertiary alicyclic amines) is 1. The van der Waals surface area contributed by atoms with Crippen molar-refractivity contribution in [2.75, 3.05) is 26.3 Å². The summed E-state index contributed by atoms with van der Waals surface area (Å²) in [4.78, 5) is 19.4. The van der Waals surface area contributed by atoms with Gasteiger partial charge in [-0.15, -0.1) is 0 Å². The molecule has 0 aliphatic carbocycles. The van der Waals surface area contributed by atoms with Gasteiger partial charge in [0, 0.05) is 17.3 Å². The Morgan fingerprint density at radius 3 is 2.58 bits per heavy atom. The van der Waals surface area contributed by atoms with E-state index in [9.17, 15) is 4.79 Å². The molecule has 1 aromatic carbocycles. The highest BCUT2D eigenvalue weighted by atomic mass is 35.5. The molecule has 0 radical (unpaired) electrons. The summed E-state index contributed by atoms with van der Waals surface area (Å²) < 4.78 is 5.63. The number of amides is 1. The fourth-order valence-corrected chi connectivity index (χ4v) is 3.82. The maximum atomic E-state index is 12.6. The Bertz CT molecular complexity index is 758. The molecule has 1 N–H and O–H groups in total. The number of pyridine rings is 1. The predicted molar refractivity (Wildman–Crippen MR) is 101 cm³/mol. The normalized spacial score (nSPS) is 23.3. The Hall–Kier alpha value is -1.95. The van der Waals surface area contributed by atoms with Crippen molar-refractivity contribution < 1.29 is 9.53 Å². The number of aromatic nitrogens is 1. The first-order valence-corrected chi connectivity index (χ1v) is 9.43. The maximum Gasteiger partial charge on any atom is 0.251 e. The molecule has 4 rings (SSSR count). The lowest BCUT2D eigenvalue weighted by Crippen LogP contribution is -2.50. The van der Waals surface area contributed by atoms with Gasteiger partial charge in [0.25, 0.3) is 5.91 Å². The molecule has 0 saturated carbocycles. The highest BCUT2D eigenvalue weighted by molar-refractivity contribution is 6.30. The maximum absolute atomic E-state index is 12.6. The van der Waals surface area contributed by atoms with Crippen LogP contribution in [0.3, 0.4) is 0 Å². The van der Waals surface area contributed by atoms with Crippen molar-refractivity contribution in [3.05, 3.63) is 53.2 Å². The quantitative estimate of drug-likeness (QED) is 0.897. The van der Waals surface area contributed by atoms with Gasteiger partial charge < -0.3 is 10.1 Å². The van der Waals surface area contributed by atoms with E-state index in [1.54, 1.807) is 6.20 Å². The van der Waals surface area contributed by atoms with Gasteiger partial charge in [0.2, 0.25) is 0 Å². The number of carbonyl (C=O) groups is 1. The van der Waals surface area contributed by atoms with Gasteiger partial charge in [0.1, 0.15) is 0 Å². The lowest BCUT2D eigenvalue weighted by molar-refractivity contribution is 0.0916. The largest absolute Gasteiger partial charge is 0.378 e. The first-order valence-electron chi connectivity index (χ1n) is 9.05. The number of nitrogens with one attached hydrogen (secondary N) is 1. The van der Waals surface area contributed by atoms with Gasteiger partial charge in [0.15, 0.2) is 0 Å². The summed E-state index contributed by atoms with van der Waals surface area (Å²) in [5.74, 6) is -0.0553. The summed E-state index contributed by atoms with van der Waals surface area (Å²) in [7, 11) is 0. The van der Waals surface area contributed by atoms with E-state index in [1.807, 2.05) is 36.4 Å². The van der Waals surface area contributed by atoms with Crippen LogP contribution in [-0.2, 0) is 4.74 Å². The zero-order valence-corrected chi connectivity index (χ0v) is 15.3. The van der Waals surface area contributed by atoms with Crippen LogP contribution in [0.25, 0.3) is 11.3 Å². The van der Waals surface area contributed by atoms with Crippen molar-refractivity contribution in [3.63, 3.8) is 0 Å². The second-order valence-corrected chi connectivity index (χ2v) is 7.30. The molecular weight excluding hydrogens is 350 g/mol. The number of halogens is 1. The van der Waals surface area contributed by atoms with E-state index in [0.29, 0.717) is 29.8 Å². The second-order valence-electron chi connectivity index (χ2n) is 6.87. The number of nitrogens with zero attached hydrogens (tertiary/aromatic N) is 2. The van der Waals surface area contributed by atoms with Gasteiger partial charge in [-0.05, 0) is 50.2 Å². The molecule has 2 aliphatic rings. The first kappa shape index (κ1) is 17.5. The van der Waals surface area contributed by atoms with Crippen molar-refractivity contribution in [3.8, 4) is 11.3 Å². The van der Waals surface area contributed by atoms with E-state index in [4.69, 9.17) is 16.3 Å². The van der Waals surface area contributed by atoms with Crippen LogP contribution >= 0.6 is 11.6 Å². The summed E-state index contributed by atoms with van der Waals surface area (Å²) in [6.45, 7) is 3.48. The van der Waals surface area contributed by atoms with E-state index in [2.05, 4.69) is 15.2 Å². The third-order valence-corrected chi connectivity index (χ3v) is 5.37. The number of ether oxygens (including phenoxy) is 1. The van der Waals surface area contributed by atoms with E-state index in [1.165, 1.54) is 12.8 Å². The minimum Gasteiger partial charge on any atom is -0.378 e. The molecule has 3 heterocycles. The standard InChI is InChI=1S/C20H22ClN3O2/c21-16-7-8-17(22-11-16)14-3-5-15(6-4-14)20(25)23-18-12-26-13-19(18)24-9-1-2-10-24/h3-8,11,18-19H,1-2,9-10,12-13H2,(H,23,25)/t18-,19-/m0/s1. The zero-order valence-electron chi connectivity index (χ0n) is 14.5. The van der Waals surface area contributed by atoms with Crippen LogP contribution < -0.4 is 5.32 Å². The van der Waals surface area contributed by atoms with Crippen molar-refractivity contribution in [1.29, 1.82) is 0 Å². The molecular formula is C20H22ClN3O2. The Morgan fingerprint density at radius 2 is 1.88 bits per heavy atom. The fourth-order valence-electron chi connectivity index (χ4n) is 3.70. The molecule has 2 atom stereocenters. The zero-order chi connectivity index (χ0) is 17.9. The molecule has 26 heavy (non-hydrogen) atoms. The lowest BCUT2D eigenvalue weighted by Gasteiger charge is -2.27. The minimum absolute atomic E-state index is 0.0539. The average molecular weight is 372 g/mol. The molecule has 0 spiro atoms. The van der Waals surface area contributed by atoms with Gasteiger partial charge in [0.05, 0.1) is 36.0 Å². The third-order valence-electron chi connectivity index (χ3n) is 5.15. The smallest absolute Gasteiger partial charge is 0.251 e. The van der Waals surface area contributed by atoms with Crippen LogP contribution in [0, 0.1) is 0 Å². The molecule has 2 fully saturated rings. The topological polar surface area (TPSA) is 54.5 Å². The van der Waals surface area contributed by atoms with Crippen LogP contribution in [0.5, 0.6) is 0 Å². The summed E-state index contributed by atoms with van der Waals surface area (Å²) in [5.41, 5.74) is 2.44. The van der Waals surface area contributed by atoms with Crippen LogP contribution in [0.1, 0.15) is 23.2 Å². The Morgan fingerprint density at radius 1 is 1.12 bits per heavy atom. The summed E-state index contributed by atoms with van der Waals surface area (Å²) in [6.07, 6.45) is 4.09. The van der Waals surface area contributed by atoms with Crippen LogP contribution in [0.15, 0.2) is 42.6 Å². The minimum atomic E-state index is -0.0553. The molecule has 136 valence electrons. The molecule has 5 nitrogen and oxygen atoms in total. The molecule has 1 amide bonds. The summed E-state index contributed by atoms with van der Waals surface area (Å²) >= 11 is 5.88. The Balaban J connectivity index is 1.42. The van der Waals surface area contributed by atoms with Crippen molar-refractivity contribution in [2.45, 2.75) is 24.9 Å². The Labute approximate surface area is 158 Å². The summed E-state index contributed by atoms with van der Waals surface area (Å²) in [5, 5.41) is 3.76. The van der Waals surface area contributed by atoms with Crippen LogP contribution in [0.4, 0.5) is 0 Å². The van der Waals surface area contributed by atoms with E-state index in [0.717, 1.165) is 24.3 Å². The first-order chi connectivity index (χ1) is 12.7. The highest BCUT2D eigenvalue weighted by Crippen LogP contribution is 2.21. The predicted octanol–water partition coefficient (Wildman–Crippen LogP) is 3.00. The van der Waals surface area contributed by atoms with Gasteiger partial charge in [-0.2, -0.15) is 0 Å². The number of hydrogen-bond acceptors (Lipinski definition) is 4. The van der Waals surface area contributed by atoms with Crippen molar-refractivity contribution in [1.82, 2.24) is 15.2 Å². The van der Waals surface area contributed by atoms with E-state index >= 15 is 0 Å². The molecule has 0 bridgehead atoms. The van der Waals surface area contributed by atoms with Crippen molar-refractivity contribution >= 4 is 17.5 Å². The molecule has 0 unspecified atom stereocenters. The van der Waals surface area contributed by atoms with E-state index in [-0.39, 0.29) is 11.9 Å². The highest BCUT2D eigenvalue weighted by Gasteiger charge is 2.35. The van der Waals surface area contributed by atoms with Gasteiger partial charge in [-0.25, -0.2) is 0 Å². The number of carbonyl (C=O) groups excluding carboxylic acids is 1. The van der Waals surface area contributed by atoms with Crippen LogP contribution in [-0.4, -0.2) is 54.2 Å². The number of benzene rings is 1. The molecule has 1 aromatic heterocycles. The molecule has 2 saturated heterocycles. The van der Waals surface area contributed by atoms with Gasteiger partial charge in [-0.3, -0.25) is 14.7 Å².